The fourth-order valence-corrected chi connectivity index (χ4v) is 14.2. The third kappa shape index (κ3) is 35.6. The van der Waals surface area contributed by atoms with E-state index in [1.54, 1.807) is 105 Å². The number of rotatable bonds is 56. The van der Waals surface area contributed by atoms with E-state index in [9.17, 15) is 77.3 Å². The fourth-order valence-electron chi connectivity index (χ4n) is 13.7. The number of aliphatic hydroxyl groups excluding tert-OH is 1. The van der Waals surface area contributed by atoms with E-state index < -0.39 is 216 Å². The number of fused-ring (bicyclic) bond motifs is 2. The molecule has 0 aliphatic carbocycles. The maximum absolute atomic E-state index is 15.4. The molecule has 31 N–H and O–H groups in total. The first-order valence-electron chi connectivity index (χ1n) is 42.2. The summed E-state index contributed by atoms with van der Waals surface area (Å²) in [5.74, 6) is -16.7. The highest BCUT2D eigenvalue weighted by molar-refractivity contribution is 7.80. The van der Waals surface area contributed by atoms with Crippen LogP contribution in [0.2, 0.25) is 0 Å². The highest BCUT2D eigenvalue weighted by Crippen LogP contribution is 2.23. The molecule has 45 heteroatoms. The molecule has 18 amide bonds. The monoisotopic (exact) mass is 1840 g/mol. The lowest BCUT2D eigenvalue weighted by Gasteiger charge is -2.29. The number of amides is 18. The van der Waals surface area contributed by atoms with E-state index >= 15 is 14.4 Å². The van der Waals surface area contributed by atoms with E-state index in [1.165, 1.54) is 24.3 Å². The molecule has 2 aromatic heterocycles. The van der Waals surface area contributed by atoms with Gasteiger partial charge in [-0.3, -0.25) is 82.1 Å². The zero-order valence-corrected chi connectivity index (χ0v) is 74.3. The van der Waals surface area contributed by atoms with Crippen LogP contribution in [0.5, 0.6) is 5.75 Å². The Morgan fingerprint density at radius 2 is 0.815 bits per heavy atom. The number of urea groups is 1. The molecule has 6 aromatic rings. The third-order valence-corrected chi connectivity index (χ3v) is 21.4. The second-order valence-electron chi connectivity index (χ2n) is 31.3. The maximum atomic E-state index is 15.4. The van der Waals surface area contributed by atoms with Gasteiger partial charge < -0.3 is 134 Å². The molecule has 0 aliphatic heterocycles. The van der Waals surface area contributed by atoms with Crippen LogP contribution < -0.4 is 114 Å². The number of primary amides is 3. The zero-order valence-electron chi connectivity index (χ0n) is 72.5. The van der Waals surface area contributed by atoms with Crippen molar-refractivity contribution in [2.45, 2.75) is 196 Å². The molecule has 0 saturated carbocycles. The highest BCUT2D eigenvalue weighted by Gasteiger charge is 2.39. The number of hydrogen-bond acceptors (Lipinski definition) is 23. The summed E-state index contributed by atoms with van der Waals surface area (Å²) in [6.07, 6.45) is -0.0769. The molecular formula is C85H120N24O19S2. The number of aromatic amines is 2. The number of phenols is 1. The molecule has 0 bridgehead atoms. The fraction of sp³-hybridized carbons (Fsp3) is 0.459. The molecule has 6 rings (SSSR count). The van der Waals surface area contributed by atoms with Gasteiger partial charge in [-0.25, -0.2) is 4.79 Å². The number of phenolic OH excluding ortho intramolecular Hbond substituents is 1. The zero-order chi connectivity index (χ0) is 95.7. The molecular weight excluding hydrogens is 1730 g/mol. The summed E-state index contributed by atoms with van der Waals surface area (Å²) in [6.45, 7) is 4.98. The van der Waals surface area contributed by atoms with Gasteiger partial charge in [0.25, 0.3) is 0 Å². The first-order chi connectivity index (χ1) is 61.9. The van der Waals surface area contributed by atoms with Crippen molar-refractivity contribution in [3.05, 3.63) is 138 Å². The van der Waals surface area contributed by atoms with E-state index in [4.69, 9.17) is 34.1 Å². The number of nitrogens with one attached hydrogen (secondary N) is 19. The first kappa shape index (κ1) is 105. The number of H-pyrrole nitrogens is 2. The van der Waals surface area contributed by atoms with E-state index in [1.807, 2.05) is 0 Å². The predicted molar refractivity (Wildman–Crippen MR) is 486 cm³/mol. The van der Waals surface area contributed by atoms with E-state index in [2.05, 4.69) is 120 Å². The van der Waals surface area contributed by atoms with Gasteiger partial charge in [-0.1, -0.05) is 92.7 Å². The van der Waals surface area contributed by atoms with Crippen LogP contribution in [0.4, 0.5) is 4.79 Å². The van der Waals surface area contributed by atoms with Gasteiger partial charge >= 0.3 is 6.03 Å². The summed E-state index contributed by atoms with van der Waals surface area (Å²) < 4.78 is 0. The lowest BCUT2D eigenvalue weighted by molar-refractivity contribution is -0.137. The molecule has 130 heavy (non-hydrogen) atoms. The van der Waals surface area contributed by atoms with Crippen LogP contribution in [-0.2, 0) is 102 Å². The van der Waals surface area contributed by atoms with Gasteiger partial charge in [-0.2, -0.15) is 25.3 Å². The summed E-state index contributed by atoms with van der Waals surface area (Å²) in [4.78, 5) is 241. The van der Waals surface area contributed by atoms with Crippen LogP contribution in [0.15, 0.2) is 116 Å². The Labute approximate surface area is 760 Å². The normalized spacial score (nSPS) is 14.1. The number of aliphatic hydroxyl groups is 1. The van der Waals surface area contributed by atoms with Crippen LogP contribution in [0.3, 0.4) is 0 Å². The lowest BCUT2D eigenvalue weighted by atomic mass is 9.99. The number of benzene rings is 4. The lowest BCUT2D eigenvalue weighted by Crippen LogP contribution is -2.62. The Kier molecular flexibility index (Phi) is 43.6. The number of carbonyl (C=O) groups is 17. The van der Waals surface area contributed by atoms with Crippen molar-refractivity contribution in [3.63, 3.8) is 0 Å². The number of unbranched alkanes of at least 4 members (excludes halogenated alkanes) is 1. The van der Waals surface area contributed by atoms with Gasteiger partial charge in [0.1, 0.15) is 78.3 Å². The third-order valence-electron chi connectivity index (χ3n) is 20.6. The Morgan fingerprint density at radius 1 is 0.400 bits per heavy atom. The predicted octanol–water partition coefficient (Wildman–Crippen LogP) is -4.43. The average Bonchev–Trinajstić information content (AvgIpc) is 1.66. The molecule has 0 radical (unpaired) electrons. The highest BCUT2D eigenvalue weighted by atomic mass is 32.1. The van der Waals surface area contributed by atoms with Crippen molar-refractivity contribution in [1.29, 1.82) is 5.41 Å². The van der Waals surface area contributed by atoms with Crippen molar-refractivity contribution in [2.75, 3.05) is 44.2 Å². The second kappa shape index (κ2) is 53.9. The summed E-state index contributed by atoms with van der Waals surface area (Å²) in [5, 5.41) is 71.5. The number of para-hydroxylation sites is 2. The minimum atomic E-state index is -1.89. The van der Waals surface area contributed by atoms with Crippen molar-refractivity contribution >= 4 is 154 Å². The summed E-state index contributed by atoms with van der Waals surface area (Å²) >= 11 is 8.54. The van der Waals surface area contributed by atoms with Crippen LogP contribution in [0, 0.1) is 11.3 Å². The second-order valence-corrected chi connectivity index (χ2v) is 32.0. The molecule has 706 valence electrons. The summed E-state index contributed by atoms with van der Waals surface area (Å²) in [5.41, 5.74) is 30.5. The van der Waals surface area contributed by atoms with Crippen LogP contribution in [-0.4, -0.2) is 250 Å². The summed E-state index contributed by atoms with van der Waals surface area (Å²) in [7, 11) is 0. The number of carbonyl (C=O) groups excluding carboxylic acids is 17. The van der Waals surface area contributed by atoms with Crippen LogP contribution in [0.1, 0.15) is 114 Å². The number of guanidine groups is 1. The van der Waals surface area contributed by atoms with Crippen molar-refractivity contribution in [2.24, 2.45) is 34.6 Å². The average molecular weight is 1850 g/mol. The Hall–Kier alpha value is -13.6. The van der Waals surface area contributed by atoms with Crippen molar-refractivity contribution < 1.29 is 91.7 Å². The van der Waals surface area contributed by atoms with Gasteiger partial charge in [-0.05, 0) is 117 Å². The maximum Gasteiger partial charge on any atom is 0.312 e. The minimum Gasteiger partial charge on any atom is -0.508 e. The molecule has 4 aromatic carbocycles. The molecule has 13 atom stereocenters. The van der Waals surface area contributed by atoms with Crippen LogP contribution >= 0.6 is 25.3 Å². The Morgan fingerprint density at radius 3 is 1.29 bits per heavy atom. The SMILES string of the molecule is CC(=O)N[C@@H](CS)C(=O)N[C@@H](CCCNC(N)=O)C(=O)N[C@H](C(=O)N[C@@H](Cc1c[nH]c2ccccc12)C(=O)N[C@@H](CCC(N)=O)C(=O)N[C@@H](CS)C(=O)N[C@@H](Cc1ccc(O)cc1)C(=O)N[C@@H](Cc1c[nH]c2ccccc12)C(=O)N[C@@H](CCCNC(=N)N)C(=O)N[C@H](C(=O)N[C@@H](Cc1ccccc1)C(=O)NCC(=O)NCCC(=O)N[C@H](CCCCN)C(N)=O)C(C)C)[C@@H](C)O. The molecule has 0 fully saturated rings. The van der Waals surface area contributed by atoms with E-state index in [0.29, 0.717) is 63.4 Å². The molecule has 43 nitrogen and oxygen atoms in total. The smallest absolute Gasteiger partial charge is 0.312 e. The summed E-state index contributed by atoms with van der Waals surface area (Å²) in [6, 6.07) is 8.39. The Balaban J connectivity index is 1.27. The van der Waals surface area contributed by atoms with Crippen molar-refractivity contribution in [3.8, 4) is 5.75 Å². The van der Waals surface area contributed by atoms with Crippen LogP contribution in [0.25, 0.3) is 21.8 Å². The number of thiol groups is 2. The topological polar surface area (TPSA) is 709 Å². The van der Waals surface area contributed by atoms with Gasteiger partial charge in [0, 0.05) is 111 Å². The largest absolute Gasteiger partial charge is 0.508 e. The van der Waals surface area contributed by atoms with Gasteiger partial charge in [0.15, 0.2) is 5.96 Å². The number of hydrogen-bond donors (Lipinski definition) is 28. The van der Waals surface area contributed by atoms with Crippen molar-refractivity contribution in [1.82, 2.24) is 95.0 Å². The van der Waals surface area contributed by atoms with E-state index in [0.717, 1.165) is 13.8 Å². The molecule has 0 saturated heterocycles. The van der Waals surface area contributed by atoms with Gasteiger partial charge in [0.05, 0.1) is 12.6 Å². The number of aromatic hydroxyl groups is 1. The first-order valence-corrected chi connectivity index (χ1v) is 43.5. The molecule has 0 unspecified atom stereocenters. The molecule has 0 aliphatic rings. The quantitative estimate of drug-likeness (QED) is 0.00742. The molecule has 0 spiro atoms. The number of aromatic nitrogens is 2. The molecule has 2 heterocycles. The van der Waals surface area contributed by atoms with E-state index in [-0.39, 0.29) is 95.3 Å². The van der Waals surface area contributed by atoms with Gasteiger partial charge in [0.2, 0.25) is 94.5 Å². The minimum absolute atomic E-state index is 0.00758. The van der Waals surface area contributed by atoms with Gasteiger partial charge in [-0.15, -0.1) is 0 Å². The Bertz CT molecular complexity index is 4900. The number of nitrogens with two attached hydrogens (primary N) is 5. The standard InChI is InChI=1S/C85H120N24O19S2/c1-45(2)70(82(126)105-61(36-48-16-6-5-7-17-48)73(117)97-42-69(115)92-35-31-68(114)99-57(72(88)116)22-12-13-32-86)108-75(119)58(23-14-33-93-84(89)90)100-78(122)63(38-50-40-95-55-20-10-8-18-53(50)55)104-77(121)62(37-49-25-27-52(112)28-26-49)103-81(125)66(44-130)107-74(118)60(29-30-67(87)113)102-79(123)64(39-51-41-96-56-21-11-9-19-54(51)56)106-83(127)71(46(3)110)109-76(120)59(24-15-34-94-85(91)128)101-80(124)65(43-129)98-47(4)111/h5-11,16-21,25-28,40-41,45-46,57-66,70-71,95-96,110,112,129-130H,12-15,22-24,29-39,42-44,86H2,1-4H3,(H2,87,113)(H2,88,116)(H,92,115)(H,97,117)(H,98,111)(H,99,114)(H,100,122)(H,101,124)(H,102,123)(H,103,125)(H,104,121)(H,105,126)(H,106,127)(H,107,118)(H,108,119)(H,109,120)(H4,89,90,93)(H3,91,94,128)/t46-,57-,58+,59+,60+,61+,62+,63+,64+,65+,66+,70+,71+/m1/s1.